The molecule has 6 N–H and O–H groups in total. The predicted molar refractivity (Wildman–Crippen MR) is 72.2 cm³/mol. The number of Topliss-reactive ketones (excluding diaryl/α,β-unsaturated/α-hetero) is 1. The maximum Gasteiger partial charge on any atom is 0.237 e. The van der Waals surface area contributed by atoms with Crippen LogP contribution in [0.4, 0.5) is 0 Å². The predicted octanol–water partition coefficient (Wildman–Crippen LogP) is 1.03. The number of fused-ring (bicyclic) bond motifs is 2. The lowest BCUT2D eigenvalue weighted by Crippen LogP contribution is -2.19. The highest BCUT2D eigenvalue weighted by molar-refractivity contribution is 6.51. The van der Waals surface area contributed by atoms with E-state index in [2.05, 4.69) is 0 Å². The molecule has 0 aromatic heterocycles. The number of aliphatic hydroxyl groups is 1. The van der Waals surface area contributed by atoms with Crippen molar-refractivity contribution in [2.45, 2.75) is 0 Å². The first-order valence-corrected chi connectivity index (χ1v) is 5.90. The van der Waals surface area contributed by atoms with Crippen LogP contribution >= 0.6 is 0 Å². The number of allylic oxidation sites excluding steroid dienone is 1. The molecule has 8 heteroatoms. The van der Waals surface area contributed by atoms with Crippen LogP contribution in [0.1, 0.15) is 15.9 Å². The number of hydrogen-bond acceptors (Lipinski definition) is 8. The number of benzene rings is 2. The third kappa shape index (κ3) is 1.46. The fourth-order valence-electron chi connectivity index (χ4n) is 2.39. The van der Waals surface area contributed by atoms with E-state index in [0.29, 0.717) is 6.08 Å². The van der Waals surface area contributed by atoms with E-state index in [-0.39, 0.29) is 10.9 Å². The monoisotopic (exact) mass is 304 g/mol. The van der Waals surface area contributed by atoms with Gasteiger partial charge in [-0.3, -0.25) is 9.59 Å². The molecule has 3 rings (SSSR count). The molecule has 22 heavy (non-hydrogen) atoms. The van der Waals surface area contributed by atoms with Gasteiger partial charge in [0.05, 0.1) is 10.9 Å². The standard InChI is InChI=1S/C14H8O8/c15-5-2-6(16)10(18)7-3(5)1-4-8(11(7)19)12(20)14(22)13(21)9(4)17/h1-2,15,17,19-22H. The van der Waals surface area contributed by atoms with E-state index in [9.17, 15) is 40.2 Å². The van der Waals surface area contributed by atoms with E-state index in [4.69, 9.17) is 0 Å². The van der Waals surface area contributed by atoms with Crippen molar-refractivity contribution in [2.24, 2.45) is 0 Å². The third-order valence-corrected chi connectivity index (χ3v) is 3.46. The molecule has 0 heterocycles. The van der Waals surface area contributed by atoms with Crippen LogP contribution in [0, 0.1) is 0 Å². The summed E-state index contributed by atoms with van der Waals surface area (Å²) in [6.07, 6.45) is 0.646. The van der Waals surface area contributed by atoms with E-state index >= 15 is 0 Å². The lowest BCUT2D eigenvalue weighted by molar-refractivity contribution is -0.111. The molecule has 8 nitrogen and oxygen atoms in total. The number of hydrogen-bond donors (Lipinski definition) is 6. The van der Waals surface area contributed by atoms with Gasteiger partial charge in [-0.1, -0.05) is 0 Å². The first-order valence-electron chi connectivity index (χ1n) is 5.90. The van der Waals surface area contributed by atoms with Crippen molar-refractivity contribution in [3.05, 3.63) is 23.3 Å². The zero-order valence-electron chi connectivity index (χ0n) is 10.7. The molecular weight excluding hydrogens is 296 g/mol. The van der Waals surface area contributed by atoms with Gasteiger partial charge in [-0.25, -0.2) is 0 Å². The Morgan fingerprint density at radius 2 is 1.32 bits per heavy atom. The van der Waals surface area contributed by atoms with Gasteiger partial charge in [-0.15, -0.1) is 0 Å². The van der Waals surface area contributed by atoms with E-state index in [1.54, 1.807) is 0 Å². The summed E-state index contributed by atoms with van der Waals surface area (Å²) in [5, 5.41) is 57.6. The average Bonchev–Trinajstić information content (AvgIpc) is 2.47. The van der Waals surface area contributed by atoms with Crippen molar-refractivity contribution < 1.29 is 40.2 Å². The summed E-state index contributed by atoms with van der Waals surface area (Å²) in [7, 11) is 0. The molecule has 0 unspecified atom stereocenters. The summed E-state index contributed by atoms with van der Waals surface area (Å²) in [5.74, 6) is -7.73. The van der Waals surface area contributed by atoms with Gasteiger partial charge in [-0.05, 0) is 6.07 Å². The molecule has 2 aromatic rings. The molecule has 0 saturated carbocycles. The Morgan fingerprint density at radius 1 is 0.727 bits per heavy atom. The van der Waals surface area contributed by atoms with Crippen LogP contribution in [-0.4, -0.2) is 42.2 Å². The molecule has 0 saturated heterocycles. The Kier molecular flexibility index (Phi) is 2.49. The van der Waals surface area contributed by atoms with Crippen molar-refractivity contribution in [1.82, 2.24) is 0 Å². The number of rotatable bonds is 0. The number of carbonyl (C=O) groups is 2. The van der Waals surface area contributed by atoms with Gasteiger partial charge in [0.2, 0.25) is 23.1 Å². The summed E-state index contributed by atoms with van der Waals surface area (Å²) >= 11 is 0. The van der Waals surface area contributed by atoms with Crippen LogP contribution in [0.2, 0.25) is 0 Å². The Bertz CT molecular complexity index is 923. The summed E-state index contributed by atoms with van der Waals surface area (Å²) in [6, 6.07) is 0.995. The third-order valence-electron chi connectivity index (χ3n) is 3.46. The van der Waals surface area contributed by atoms with Crippen LogP contribution in [-0.2, 0) is 4.79 Å². The van der Waals surface area contributed by atoms with Gasteiger partial charge >= 0.3 is 0 Å². The highest BCUT2D eigenvalue weighted by Crippen LogP contribution is 2.53. The van der Waals surface area contributed by atoms with Gasteiger partial charge in [0.15, 0.2) is 11.5 Å². The summed E-state index contributed by atoms with van der Waals surface area (Å²) in [6.45, 7) is 0. The molecule has 0 amide bonds. The van der Waals surface area contributed by atoms with Crippen LogP contribution < -0.4 is 0 Å². The van der Waals surface area contributed by atoms with E-state index < -0.39 is 57.0 Å². The maximum atomic E-state index is 11.9. The smallest absolute Gasteiger partial charge is 0.237 e. The summed E-state index contributed by atoms with van der Waals surface area (Å²) in [5.41, 5.74) is -0.827. The van der Waals surface area contributed by atoms with Crippen LogP contribution in [0.5, 0.6) is 28.7 Å². The number of carbonyl (C=O) groups excluding carboxylic acids is 2. The zero-order chi connectivity index (χ0) is 16.3. The topological polar surface area (TPSA) is 156 Å². The zero-order valence-corrected chi connectivity index (χ0v) is 10.7. The minimum absolute atomic E-state index is 0.255. The first-order chi connectivity index (χ1) is 10.3. The summed E-state index contributed by atoms with van der Waals surface area (Å²) < 4.78 is 0. The molecular formula is C14H8O8. The van der Waals surface area contributed by atoms with Crippen molar-refractivity contribution in [2.75, 3.05) is 0 Å². The van der Waals surface area contributed by atoms with Gasteiger partial charge in [0.25, 0.3) is 0 Å². The normalized spacial score (nSPS) is 14.1. The maximum absolute atomic E-state index is 11.9. The fraction of sp³-hybridized carbons (Fsp3) is 0. The SMILES string of the molecule is O=C1C=C(O)c2cc3c(O)c(O)c(O)c(O)c3c(O)c2C1=O. The number of phenols is 5. The molecule has 1 aliphatic carbocycles. The minimum Gasteiger partial charge on any atom is -0.507 e. The van der Waals surface area contributed by atoms with Gasteiger partial charge in [0.1, 0.15) is 11.5 Å². The number of aliphatic hydroxyl groups excluding tert-OH is 1. The van der Waals surface area contributed by atoms with Crippen molar-refractivity contribution >= 4 is 28.1 Å². The molecule has 112 valence electrons. The molecule has 0 radical (unpaired) electrons. The molecule has 0 aliphatic heterocycles. The Morgan fingerprint density at radius 3 is 1.95 bits per heavy atom. The minimum atomic E-state index is -1.13. The molecule has 0 fully saturated rings. The van der Waals surface area contributed by atoms with Crippen molar-refractivity contribution in [1.29, 1.82) is 0 Å². The molecule has 0 bridgehead atoms. The molecule has 0 atom stereocenters. The second-order valence-corrected chi connectivity index (χ2v) is 4.69. The van der Waals surface area contributed by atoms with Crippen molar-refractivity contribution in [3.63, 3.8) is 0 Å². The Hall–Kier alpha value is -3.42. The van der Waals surface area contributed by atoms with Gasteiger partial charge in [0, 0.05) is 17.0 Å². The average molecular weight is 304 g/mol. The number of ketones is 2. The largest absolute Gasteiger partial charge is 0.507 e. The van der Waals surface area contributed by atoms with E-state index in [1.807, 2.05) is 0 Å². The van der Waals surface area contributed by atoms with Gasteiger partial charge < -0.3 is 30.6 Å². The Balaban J connectivity index is 2.59. The molecule has 2 aromatic carbocycles. The quantitative estimate of drug-likeness (QED) is 0.239. The highest BCUT2D eigenvalue weighted by Gasteiger charge is 2.33. The second-order valence-electron chi connectivity index (χ2n) is 4.69. The first kappa shape index (κ1) is 13.6. The number of aromatic hydroxyl groups is 5. The molecule has 1 aliphatic rings. The van der Waals surface area contributed by atoms with Crippen molar-refractivity contribution in [3.8, 4) is 28.7 Å². The van der Waals surface area contributed by atoms with Gasteiger partial charge in [-0.2, -0.15) is 0 Å². The van der Waals surface area contributed by atoms with E-state index in [1.165, 1.54) is 0 Å². The molecule has 0 spiro atoms. The fourth-order valence-corrected chi connectivity index (χ4v) is 2.39. The lowest BCUT2D eigenvalue weighted by atomic mass is 9.89. The number of phenolic OH excluding ortho intramolecular Hbond substituents is 5. The van der Waals surface area contributed by atoms with Crippen LogP contribution in [0.15, 0.2) is 12.1 Å². The highest BCUT2D eigenvalue weighted by atomic mass is 16.3. The van der Waals surface area contributed by atoms with Crippen LogP contribution in [0.25, 0.3) is 16.5 Å². The van der Waals surface area contributed by atoms with Crippen LogP contribution in [0.3, 0.4) is 0 Å². The summed E-state index contributed by atoms with van der Waals surface area (Å²) in [4.78, 5) is 23.3. The lowest BCUT2D eigenvalue weighted by Gasteiger charge is -2.17. The Labute approximate surface area is 121 Å². The second kappa shape index (κ2) is 4.04. The van der Waals surface area contributed by atoms with E-state index in [0.717, 1.165) is 6.07 Å².